The van der Waals surface area contributed by atoms with Crippen LogP contribution < -0.4 is 20.3 Å². The van der Waals surface area contributed by atoms with Crippen LogP contribution in [0.5, 0.6) is 11.5 Å². The molecule has 0 saturated heterocycles. The molecular weight excluding hydrogens is 368 g/mol. The molecule has 0 spiro atoms. The van der Waals surface area contributed by atoms with Crippen molar-refractivity contribution in [3.05, 3.63) is 59.7 Å². The minimum atomic E-state index is -0.755. The first-order valence-electron chi connectivity index (χ1n) is 10.0. The number of hydrazine groups is 1. The summed E-state index contributed by atoms with van der Waals surface area (Å²) in [6, 6.07) is 15.2. The van der Waals surface area contributed by atoms with Crippen molar-refractivity contribution >= 4 is 11.8 Å². The number of hydrogen-bond acceptors (Lipinski definition) is 4. The Balaban J connectivity index is 1.79. The van der Waals surface area contributed by atoms with Gasteiger partial charge in [-0.25, -0.2) is 0 Å². The van der Waals surface area contributed by atoms with Crippen LogP contribution >= 0.6 is 0 Å². The van der Waals surface area contributed by atoms with Crippen LogP contribution in [0, 0.1) is 0 Å². The van der Waals surface area contributed by atoms with Crippen LogP contribution in [0.2, 0.25) is 0 Å². The summed E-state index contributed by atoms with van der Waals surface area (Å²) in [5.41, 5.74) is 6.97. The zero-order valence-electron chi connectivity index (χ0n) is 17.5. The maximum atomic E-state index is 12.1. The number of hydrogen-bond donors (Lipinski definition) is 2. The summed E-state index contributed by atoms with van der Waals surface area (Å²) in [6.07, 6.45) is 1.16. The molecule has 2 rings (SSSR count). The SMILES string of the molecule is CCc1ccc(O[C@@H](C)C(=O)NNC(=O)COc2ccccc2[C@H](C)CC)cc1. The first-order valence-corrected chi connectivity index (χ1v) is 10.0. The van der Waals surface area contributed by atoms with E-state index in [0.29, 0.717) is 17.4 Å². The standard InChI is InChI=1S/C23H30N2O4/c1-5-16(3)20-9-7-8-10-21(20)28-15-22(26)24-25-23(27)17(4)29-19-13-11-18(6-2)12-14-19/h7-14,16-17H,5-6,15H2,1-4H3,(H,24,26)(H,25,27)/t16-,17+/m1/s1. The van der Waals surface area contributed by atoms with Gasteiger partial charge in [0.25, 0.3) is 11.8 Å². The molecule has 0 bridgehead atoms. The van der Waals surface area contributed by atoms with E-state index in [1.54, 1.807) is 6.92 Å². The Morgan fingerprint density at radius 1 is 0.966 bits per heavy atom. The first kappa shape index (κ1) is 22.3. The number of amides is 2. The zero-order valence-corrected chi connectivity index (χ0v) is 17.5. The predicted octanol–water partition coefficient (Wildman–Crippen LogP) is 3.76. The molecule has 0 unspecified atom stereocenters. The summed E-state index contributed by atoms with van der Waals surface area (Å²) in [6.45, 7) is 7.71. The van der Waals surface area contributed by atoms with Crippen molar-refractivity contribution in [2.45, 2.75) is 52.6 Å². The van der Waals surface area contributed by atoms with Gasteiger partial charge in [-0.3, -0.25) is 20.4 Å². The van der Waals surface area contributed by atoms with E-state index >= 15 is 0 Å². The monoisotopic (exact) mass is 398 g/mol. The fourth-order valence-corrected chi connectivity index (χ4v) is 2.71. The van der Waals surface area contributed by atoms with Crippen molar-refractivity contribution in [1.82, 2.24) is 10.9 Å². The van der Waals surface area contributed by atoms with E-state index in [9.17, 15) is 9.59 Å². The van der Waals surface area contributed by atoms with Gasteiger partial charge in [0.1, 0.15) is 11.5 Å². The summed E-state index contributed by atoms with van der Waals surface area (Å²) >= 11 is 0. The molecule has 0 aliphatic carbocycles. The highest BCUT2D eigenvalue weighted by atomic mass is 16.5. The second-order valence-corrected chi connectivity index (χ2v) is 6.93. The van der Waals surface area contributed by atoms with Gasteiger partial charge in [-0.05, 0) is 55.0 Å². The fourth-order valence-electron chi connectivity index (χ4n) is 2.71. The molecule has 2 aromatic rings. The Labute approximate surface area is 172 Å². The molecule has 0 fully saturated rings. The van der Waals surface area contributed by atoms with Crippen LogP contribution in [-0.2, 0) is 16.0 Å². The largest absolute Gasteiger partial charge is 0.483 e. The topological polar surface area (TPSA) is 76.7 Å². The predicted molar refractivity (Wildman–Crippen MR) is 113 cm³/mol. The third kappa shape index (κ3) is 6.82. The van der Waals surface area contributed by atoms with Crippen LogP contribution in [-0.4, -0.2) is 24.5 Å². The lowest BCUT2D eigenvalue weighted by Crippen LogP contribution is -2.48. The van der Waals surface area contributed by atoms with Gasteiger partial charge in [-0.2, -0.15) is 0 Å². The molecular formula is C23H30N2O4. The van der Waals surface area contributed by atoms with Crippen LogP contribution in [0.15, 0.2) is 48.5 Å². The Hall–Kier alpha value is -3.02. The normalized spacial score (nSPS) is 12.6. The second-order valence-electron chi connectivity index (χ2n) is 6.93. The third-order valence-electron chi connectivity index (χ3n) is 4.76. The molecule has 2 amide bonds. The quantitative estimate of drug-likeness (QED) is 0.631. The van der Waals surface area contributed by atoms with Crippen molar-refractivity contribution in [3.8, 4) is 11.5 Å². The molecule has 0 heterocycles. The number of aryl methyl sites for hydroxylation is 1. The third-order valence-corrected chi connectivity index (χ3v) is 4.76. The molecule has 0 aromatic heterocycles. The van der Waals surface area contributed by atoms with Gasteiger partial charge >= 0.3 is 0 Å². The van der Waals surface area contributed by atoms with Crippen molar-refractivity contribution in [2.24, 2.45) is 0 Å². The number of rotatable bonds is 9. The van der Waals surface area contributed by atoms with Gasteiger partial charge in [0, 0.05) is 0 Å². The number of nitrogens with one attached hydrogen (secondary N) is 2. The number of benzene rings is 2. The highest BCUT2D eigenvalue weighted by Crippen LogP contribution is 2.28. The molecule has 0 aliphatic heterocycles. The average Bonchev–Trinajstić information content (AvgIpc) is 2.76. The Bertz CT molecular complexity index is 805. The number of para-hydroxylation sites is 1. The van der Waals surface area contributed by atoms with Crippen LogP contribution in [0.1, 0.15) is 51.2 Å². The summed E-state index contributed by atoms with van der Waals surface area (Å²) in [7, 11) is 0. The molecule has 6 heteroatoms. The molecule has 29 heavy (non-hydrogen) atoms. The van der Waals surface area contributed by atoms with Crippen molar-refractivity contribution < 1.29 is 19.1 Å². The molecule has 0 aliphatic rings. The summed E-state index contributed by atoms with van der Waals surface area (Å²) in [5, 5.41) is 0. The fraction of sp³-hybridized carbons (Fsp3) is 0.391. The van der Waals surface area contributed by atoms with Gasteiger partial charge in [0.05, 0.1) is 0 Å². The molecule has 2 N–H and O–H groups in total. The molecule has 2 atom stereocenters. The minimum absolute atomic E-state index is 0.193. The second kappa shape index (κ2) is 11.1. The van der Waals surface area contributed by atoms with Crippen molar-refractivity contribution in [2.75, 3.05) is 6.61 Å². The van der Waals surface area contributed by atoms with E-state index in [2.05, 4.69) is 31.6 Å². The number of carbonyl (C=O) groups is 2. The van der Waals surface area contributed by atoms with Crippen molar-refractivity contribution in [1.29, 1.82) is 0 Å². The van der Waals surface area contributed by atoms with E-state index < -0.39 is 17.9 Å². The highest BCUT2D eigenvalue weighted by Gasteiger charge is 2.16. The minimum Gasteiger partial charge on any atom is -0.483 e. The Kier molecular flexibility index (Phi) is 8.52. The molecule has 156 valence electrons. The lowest BCUT2D eigenvalue weighted by Gasteiger charge is -2.17. The van der Waals surface area contributed by atoms with Gasteiger partial charge in [0.2, 0.25) is 0 Å². The summed E-state index contributed by atoms with van der Waals surface area (Å²) < 4.78 is 11.2. The van der Waals surface area contributed by atoms with Gasteiger partial charge in [0.15, 0.2) is 12.7 Å². The first-order chi connectivity index (χ1) is 13.9. The maximum absolute atomic E-state index is 12.1. The smallest absolute Gasteiger partial charge is 0.279 e. The van der Waals surface area contributed by atoms with E-state index in [-0.39, 0.29) is 6.61 Å². The van der Waals surface area contributed by atoms with Crippen LogP contribution in [0.25, 0.3) is 0 Å². The van der Waals surface area contributed by atoms with E-state index in [1.807, 2.05) is 48.5 Å². The Morgan fingerprint density at radius 3 is 2.31 bits per heavy atom. The van der Waals surface area contributed by atoms with Gasteiger partial charge in [-0.15, -0.1) is 0 Å². The van der Waals surface area contributed by atoms with Gasteiger partial charge in [-0.1, -0.05) is 51.1 Å². The number of ether oxygens (including phenoxy) is 2. The van der Waals surface area contributed by atoms with Crippen LogP contribution in [0.4, 0.5) is 0 Å². The summed E-state index contributed by atoms with van der Waals surface area (Å²) in [4.78, 5) is 24.2. The molecule has 2 aromatic carbocycles. The summed E-state index contributed by atoms with van der Waals surface area (Å²) in [5.74, 6) is 0.713. The molecule has 0 saturated carbocycles. The number of carbonyl (C=O) groups excluding carboxylic acids is 2. The highest BCUT2D eigenvalue weighted by molar-refractivity contribution is 5.85. The van der Waals surface area contributed by atoms with Crippen LogP contribution in [0.3, 0.4) is 0 Å². The van der Waals surface area contributed by atoms with E-state index in [0.717, 1.165) is 18.4 Å². The van der Waals surface area contributed by atoms with Crippen molar-refractivity contribution in [3.63, 3.8) is 0 Å². The zero-order chi connectivity index (χ0) is 21.2. The van der Waals surface area contributed by atoms with E-state index in [1.165, 1.54) is 5.56 Å². The van der Waals surface area contributed by atoms with Gasteiger partial charge < -0.3 is 9.47 Å². The van der Waals surface area contributed by atoms with E-state index in [4.69, 9.17) is 9.47 Å². The lowest BCUT2D eigenvalue weighted by molar-refractivity contribution is -0.133. The molecule has 6 nitrogen and oxygen atoms in total. The maximum Gasteiger partial charge on any atom is 0.279 e. The molecule has 0 radical (unpaired) electrons. The Morgan fingerprint density at radius 2 is 1.66 bits per heavy atom. The lowest BCUT2D eigenvalue weighted by atomic mass is 9.98. The average molecular weight is 399 g/mol.